The predicted octanol–water partition coefficient (Wildman–Crippen LogP) is 4.24. The molecule has 3 heterocycles. The van der Waals surface area contributed by atoms with E-state index in [9.17, 15) is 0 Å². The maximum absolute atomic E-state index is 5.01. The number of rotatable bonds is 5. The molecule has 0 amide bonds. The van der Waals surface area contributed by atoms with Gasteiger partial charge in [-0.05, 0) is 49.5 Å². The van der Waals surface area contributed by atoms with Crippen LogP contribution in [0.1, 0.15) is 19.0 Å². The summed E-state index contributed by atoms with van der Waals surface area (Å²) in [5.41, 5.74) is 3.62. The topological polar surface area (TPSA) is 43.7 Å². The fourth-order valence-electron chi connectivity index (χ4n) is 5.43. The van der Waals surface area contributed by atoms with Crippen molar-refractivity contribution in [1.82, 2.24) is 14.8 Å². The van der Waals surface area contributed by atoms with Gasteiger partial charge in [-0.1, -0.05) is 54.6 Å². The molecule has 0 spiro atoms. The largest absolute Gasteiger partial charge is 0.352 e. The van der Waals surface area contributed by atoms with Gasteiger partial charge in [0.15, 0.2) is 0 Å². The van der Waals surface area contributed by atoms with E-state index in [0.717, 1.165) is 38.1 Å². The summed E-state index contributed by atoms with van der Waals surface area (Å²) in [4.78, 5) is 14.6. The number of aryl methyl sites for hydroxylation is 1. The zero-order chi connectivity index (χ0) is 24.6. The van der Waals surface area contributed by atoms with Crippen molar-refractivity contribution in [2.45, 2.75) is 26.2 Å². The molecule has 7 nitrogen and oxygen atoms in total. The highest BCUT2D eigenvalue weighted by atomic mass is 31.0. The lowest BCUT2D eigenvalue weighted by molar-refractivity contribution is 0.459. The van der Waals surface area contributed by atoms with E-state index in [4.69, 9.17) is 10.1 Å². The maximum atomic E-state index is 5.01. The number of aromatic nitrogens is 3. The Kier molecular flexibility index (Phi) is 6.02. The van der Waals surface area contributed by atoms with E-state index >= 15 is 0 Å². The molecule has 6 rings (SSSR count). The minimum absolute atomic E-state index is 0.133. The Labute approximate surface area is 215 Å². The predicted molar refractivity (Wildman–Crippen MR) is 151 cm³/mol. The first-order chi connectivity index (χ1) is 17.6. The van der Waals surface area contributed by atoms with Crippen LogP contribution in [0.5, 0.6) is 0 Å². The zero-order valence-electron chi connectivity index (χ0n) is 20.8. The number of nitrogens with zero attached hydrogens (tertiary/aromatic N) is 7. The van der Waals surface area contributed by atoms with Gasteiger partial charge in [0, 0.05) is 42.7 Å². The molecule has 184 valence electrons. The molecule has 3 aromatic carbocycles. The molecule has 2 unspecified atom stereocenters. The van der Waals surface area contributed by atoms with Crippen molar-refractivity contribution in [3.8, 4) is 0 Å². The van der Waals surface area contributed by atoms with Crippen molar-refractivity contribution < 1.29 is 0 Å². The van der Waals surface area contributed by atoms with E-state index in [0.29, 0.717) is 0 Å². The molecule has 3 atom stereocenters. The van der Waals surface area contributed by atoms with E-state index in [1.807, 2.05) is 6.92 Å². The van der Waals surface area contributed by atoms with Gasteiger partial charge in [0.25, 0.3) is 0 Å². The highest BCUT2D eigenvalue weighted by Gasteiger charge is 2.42. The number of anilines is 4. The lowest BCUT2D eigenvalue weighted by Gasteiger charge is -2.35. The molecule has 2 aliphatic heterocycles. The van der Waals surface area contributed by atoms with E-state index in [1.54, 1.807) is 0 Å². The fraction of sp³-hybridized carbons (Fsp3) is 0.286. The van der Waals surface area contributed by atoms with Crippen LogP contribution in [0.2, 0.25) is 0 Å². The summed E-state index contributed by atoms with van der Waals surface area (Å²) in [6, 6.07) is 30.1. The Balaban J connectivity index is 1.42. The van der Waals surface area contributed by atoms with Crippen LogP contribution in [0.15, 0.2) is 84.9 Å². The summed E-state index contributed by atoms with van der Waals surface area (Å²) in [6.45, 7) is 7.82. The molecule has 2 saturated heterocycles. The maximum Gasteiger partial charge on any atom is 0.229 e. The van der Waals surface area contributed by atoms with Crippen LogP contribution in [-0.4, -0.2) is 47.1 Å². The Morgan fingerprint density at radius 2 is 1.44 bits per heavy atom. The summed E-state index contributed by atoms with van der Waals surface area (Å²) in [5, 5.41) is 6.19. The van der Waals surface area contributed by atoms with Crippen LogP contribution >= 0.6 is 9.24 Å². The fourth-order valence-corrected chi connectivity index (χ4v) is 5.78. The van der Waals surface area contributed by atoms with Gasteiger partial charge in [-0.2, -0.15) is 14.8 Å². The van der Waals surface area contributed by atoms with Gasteiger partial charge in [0.1, 0.15) is 5.82 Å². The van der Waals surface area contributed by atoms with E-state index in [2.05, 4.69) is 125 Å². The SMILES string of the molecule is Cc1nc(N2CCN(c3ccccc3)C2)n(C2N(c3ccccc3)C[C@@H](C)N2c2ccccc2P)n1. The number of hydrogen-bond acceptors (Lipinski definition) is 6. The van der Waals surface area contributed by atoms with Crippen molar-refractivity contribution in [3.05, 3.63) is 90.8 Å². The van der Waals surface area contributed by atoms with Gasteiger partial charge in [-0.15, -0.1) is 9.24 Å². The Morgan fingerprint density at radius 1 is 0.806 bits per heavy atom. The van der Waals surface area contributed by atoms with Crippen molar-refractivity contribution in [2.75, 3.05) is 45.9 Å². The van der Waals surface area contributed by atoms with Gasteiger partial charge in [-0.3, -0.25) is 0 Å². The molecule has 0 N–H and O–H groups in total. The molecular formula is C28H32N7P. The Morgan fingerprint density at radius 3 is 2.17 bits per heavy atom. The molecule has 0 saturated carbocycles. The van der Waals surface area contributed by atoms with Crippen molar-refractivity contribution in [3.63, 3.8) is 0 Å². The van der Waals surface area contributed by atoms with Gasteiger partial charge in [0.2, 0.25) is 12.2 Å². The van der Waals surface area contributed by atoms with Gasteiger partial charge >= 0.3 is 0 Å². The van der Waals surface area contributed by atoms with Crippen LogP contribution in [0.3, 0.4) is 0 Å². The van der Waals surface area contributed by atoms with Crippen LogP contribution in [0, 0.1) is 6.92 Å². The molecule has 0 bridgehead atoms. The highest BCUT2D eigenvalue weighted by Crippen LogP contribution is 2.39. The van der Waals surface area contributed by atoms with Crippen LogP contribution in [0.4, 0.5) is 23.0 Å². The monoisotopic (exact) mass is 497 g/mol. The second-order valence-electron chi connectivity index (χ2n) is 9.56. The highest BCUT2D eigenvalue weighted by molar-refractivity contribution is 7.28. The molecule has 8 heteroatoms. The molecule has 2 fully saturated rings. The first-order valence-electron chi connectivity index (χ1n) is 12.5. The summed E-state index contributed by atoms with van der Waals surface area (Å²) >= 11 is 0. The molecule has 2 aliphatic rings. The minimum atomic E-state index is -0.133. The normalized spacial score (nSPS) is 20.0. The molecular weight excluding hydrogens is 465 g/mol. The van der Waals surface area contributed by atoms with Gasteiger partial charge < -0.3 is 19.6 Å². The van der Waals surface area contributed by atoms with Crippen molar-refractivity contribution in [1.29, 1.82) is 0 Å². The molecule has 4 aromatic rings. The summed E-state index contributed by atoms with van der Waals surface area (Å²) in [5.74, 6) is 1.70. The van der Waals surface area contributed by atoms with Crippen molar-refractivity contribution >= 4 is 37.6 Å². The quantitative estimate of drug-likeness (QED) is 0.385. The molecule has 36 heavy (non-hydrogen) atoms. The standard InChI is InChI=1S/C28H32N7P/c1-21-19-33(24-13-7-4-8-14-24)28(34(21)25-15-9-10-16-26(25)36)35-27(29-22(2)30-35)32-18-17-31(20-32)23-11-5-3-6-12-23/h3-16,21,28H,17-20,36H2,1-2H3/t21-,28?/m1/s1. The summed E-state index contributed by atoms with van der Waals surface area (Å²) in [7, 11) is 2.91. The smallest absolute Gasteiger partial charge is 0.229 e. The molecule has 0 aliphatic carbocycles. The lowest BCUT2D eigenvalue weighted by atomic mass is 10.2. The van der Waals surface area contributed by atoms with E-state index in [-0.39, 0.29) is 12.3 Å². The van der Waals surface area contributed by atoms with E-state index < -0.39 is 0 Å². The van der Waals surface area contributed by atoms with Crippen LogP contribution in [-0.2, 0) is 0 Å². The second-order valence-corrected chi connectivity index (χ2v) is 10.2. The summed E-state index contributed by atoms with van der Waals surface area (Å²) < 4.78 is 2.14. The van der Waals surface area contributed by atoms with Gasteiger partial charge in [-0.25, -0.2) is 0 Å². The third-order valence-corrected chi connectivity index (χ3v) is 7.58. The average molecular weight is 498 g/mol. The lowest BCUT2D eigenvalue weighted by Crippen LogP contribution is -2.41. The van der Waals surface area contributed by atoms with Crippen LogP contribution < -0.4 is 24.9 Å². The number of benzene rings is 3. The van der Waals surface area contributed by atoms with E-state index in [1.165, 1.54) is 22.4 Å². The molecule has 1 aromatic heterocycles. The zero-order valence-corrected chi connectivity index (χ0v) is 21.9. The first kappa shape index (κ1) is 22.9. The summed E-state index contributed by atoms with van der Waals surface area (Å²) in [6.07, 6.45) is -0.133. The van der Waals surface area contributed by atoms with Crippen LogP contribution in [0.25, 0.3) is 0 Å². The second kappa shape index (κ2) is 9.47. The molecule has 0 radical (unpaired) electrons. The third-order valence-electron chi connectivity index (χ3n) is 7.09. The number of para-hydroxylation sites is 3. The van der Waals surface area contributed by atoms with Crippen molar-refractivity contribution in [2.24, 2.45) is 0 Å². The van der Waals surface area contributed by atoms with Gasteiger partial charge in [0.05, 0.1) is 6.67 Å². The average Bonchev–Trinajstić information content (AvgIpc) is 3.62. The minimum Gasteiger partial charge on any atom is -0.352 e. The first-order valence-corrected chi connectivity index (χ1v) is 13.1. The number of hydrogen-bond donors (Lipinski definition) is 0. The Hall–Kier alpha value is -3.57. The third kappa shape index (κ3) is 4.07. The Bertz CT molecular complexity index is 1330.